The largest absolute Gasteiger partial charge is 0.496 e. The Labute approximate surface area is 109 Å². The number of methoxy groups -OCH3 is 1. The van der Waals surface area contributed by atoms with E-state index >= 15 is 0 Å². The Hall–Kier alpha value is -0.770. The third-order valence-corrected chi connectivity index (χ3v) is 3.19. The molecule has 2 rings (SSSR count). The highest BCUT2D eigenvalue weighted by Crippen LogP contribution is 2.21. The second-order valence-electron chi connectivity index (χ2n) is 4.59. The van der Waals surface area contributed by atoms with Crippen LogP contribution in [0.1, 0.15) is 17.5 Å². The summed E-state index contributed by atoms with van der Waals surface area (Å²) in [6.45, 7) is 5.16. The smallest absolute Gasteiger partial charge is 0.122 e. The number of likely N-dealkylation sites (tertiary alicyclic amines) is 1. The Morgan fingerprint density at radius 2 is 2.24 bits per heavy atom. The maximum Gasteiger partial charge on any atom is 0.122 e. The van der Waals surface area contributed by atoms with E-state index in [0.717, 1.165) is 31.8 Å². The fourth-order valence-corrected chi connectivity index (χ4v) is 2.23. The monoisotopic (exact) mass is 256 g/mol. The summed E-state index contributed by atoms with van der Waals surface area (Å²) in [7, 11) is 1.72. The van der Waals surface area contributed by atoms with E-state index in [0.29, 0.717) is 6.04 Å². The normalized spacial score (nSPS) is 20.1. The summed E-state index contributed by atoms with van der Waals surface area (Å²) < 4.78 is 5.33. The Morgan fingerprint density at radius 3 is 2.82 bits per heavy atom. The fraction of sp³-hybridized carbons (Fsp3) is 0.538. The molecule has 1 aromatic rings. The van der Waals surface area contributed by atoms with Crippen LogP contribution in [-0.2, 0) is 6.54 Å². The molecule has 4 heteroatoms. The Bertz CT molecular complexity index is 370. The third-order valence-electron chi connectivity index (χ3n) is 3.19. The van der Waals surface area contributed by atoms with Gasteiger partial charge in [0.25, 0.3) is 0 Å². The predicted octanol–water partition coefficient (Wildman–Crippen LogP) is 1.96. The predicted molar refractivity (Wildman–Crippen MR) is 72.8 cm³/mol. The van der Waals surface area contributed by atoms with Gasteiger partial charge in [0.05, 0.1) is 7.11 Å². The van der Waals surface area contributed by atoms with Crippen molar-refractivity contribution in [2.24, 2.45) is 5.73 Å². The molecule has 2 N–H and O–H groups in total. The SMILES string of the molecule is COc1cc(CN2CC[C@H](N)C2)ccc1C.Cl. The maximum absolute atomic E-state index is 5.89. The molecule has 1 saturated heterocycles. The van der Waals surface area contributed by atoms with Gasteiger partial charge in [-0.3, -0.25) is 4.90 Å². The molecule has 17 heavy (non-hydrogen) atoms. The van der Waals surface area contributed by atoms with Gasteiger partial charge in [-0.15, -0.1) is 12.4 Å². The molecular weight excluding hydrogens is 236 g/mol. The highest BCUT2D eigenvalue weighted by Gasteiger charge is 2.18. The van der Waals surface area contributed by atoms with Crippen LogP contribution in [0.25, 0.3) is 0 Å². The summed E-state index contributed by atoms with van der Waals surface area (Å²) in [5.74, 6) is 0.973. The van der Waals surface area contributed by atoms with Crippen LogP contribution in [0.5, 0.6) is 5.75 Å². The van der Waals surface area contributed by atoms with Crippen LogP contribution in [0.3, 0.4) is 0 Å². The average molecular weight is 257 g/mol. The number of benzene rings is 1. The van der Waals surface area contributed by atoms with Gasteiger partial charge in [-0.05, 0) is 30.5 Å². The second kappa shape index (κ2) is 6.24. The summed E-state index contributed by atoms with van der Waals surface area (Å²) in [5.41, 5.74) is 8.38. The highest BCUT2D eigenvalue weighted by molar-refractivity contribution is 5.85. The third kappa shape index (κ3) is 3.60. The molecule has 1 heterocycles. The van der Waals surface area contributed by atoms with E-state index in [1.807, 2.05) is 0 Å². The first-order chi connectivity index (χ1) is 7.69. The number of hydrogen-bond acceptors (Lipinski definition) is 3. The molecule has 0 aromatic heterocycles. The average Bonchev–Trinajstić information content (AvgIpc) is 2.67. The van der Waals surface area contributed by atoms with E-state index in [9.17, 15) is 0 Å². The minimum Gasteiger partial charge on any atom is -0.496 e. The Balaban J connectivity index is 0.00000144. The standard InChI is InChI=1S/C13H20N2O.ClH/c1-10-3-4-11(7-13(10)16-2)8-15-6-5-12(14)9-15;/h3-4,7,12H,5-6,8-9,14H2,1-2H3;1H/t12-;/m0./s1. The zero-order chi connectivity index (χ0) is 11.5. The lowest BCUT2D eigenvalue weighted by atomic mass is 10.1. The lowest BCUT2D eigenvalue weighted by molar-refractivity contribution is 0.326. The maximum atomic E-state index is 5.89. The molecule has 0 unspecified atom stereocenters. The topological polar surface area (TPSA) is 38.5 Å². The molecule has 0 spiro atoms. The van der Waals surface area contributed by atoms with Gasteiger partial charge >= 0.3 is 0 Å². The number of aryl methyl sites for hydroxylation is 1. The van der Waals surface area contributed by atoms with Crippen molar-refractivity contribution in [3.63, 3.8) is 0 Å². The lowest BCUT2D eigenvalue weighted by Gasteiger charge is -2.16. The molecule has 0 aliphatic carbocycles. The van der Waals surface area contributed by atoms with Crippen molar-refractivity contribution in [1.29, 1.82) is 0 Å². The van der Waals surface area contributed by atoms with Crippen LogP contribution < -0.4 is 10.5 Å². The molecule has 3 nitrogen and oxygen atoms in total. The second-order valence-corrected chi connectivity index (χ2v) is 4.59. The molecule has 96 valence electrons. The van der Waals surface area contributed by atoms with Crippen molar-refractivity contribution < 1.29 is 4.74 Å². The number of ether oxygens (including phenoxy) is 1. The first-order valence-electron chi connectivity index (χ1n) is 5.80. The van der Waals surface area contributed by atoms with Crippen molar-refractivity contribution in [3.8, 4) is 5.75 Å². The summed E-state index contributed by atoms with van der Waals surface area (Å²) in [4.78, 5) is 2.40. The number of rotatable bonds is 3. The molecule has 1 aromatic carbocycles. The van der Waals surface area contributed by atoms with E-state index in [2.05, 4.69) is 30.0 Å². The van der Waals surface area contributed by atoms with Crippen molar-refractivity contribution in [3.05, 3.63) is 29.3 Å². The number of halogens is 1. The van der Waals surface area contributed by atoms with Crippen LogP contribution in [0.4, 0.5) is 0 Å². The van der Waals surface area contributed by atoms with Crippen molar-refractivity contribution >= 4 is 12.4 Å². The van der Waals surface area contributed by atoms with Gasteiger partial charge in [0.1, 0.15) is 5.75 Å². The van der Waals surface area contributed by atoms with E-state index in [1.54, 1.807) is 7.11 Å². The summed E-state index contributed by atoms with van der Waals surface area (Å²) in [6, 6.07) is 6.76. The molecule has 1 aliphatic rings. The molecule has 1 fully saturated rings. The Kier molecular flexibility index (Phi) is 5.25. The number of nitrogens with two attached hydrogens (primary N) is 1. The summed E-state index contributed by atoms with van der Waals surface area (Å²) in [6.07, 6.45) is 1.11. The van der Waals surface area contributed by atoms with Gasteiger partial charge in [-0.2, -0.15) is 0 Å². The number of nitrogens with zero attached hydrogens (tertiary/aromatic N) is 1. The fourth-order valence-electron chi connectivity index (χ4n) is 2.23. The molecule has 1 aliphatic heterocycles. The minimum absolute atomic E-state index is 0. The van der Waals surface area contributed by atoms with E-state index < -0.39 is 0 Å². The van der Waals surface area contributed by atoms with Crippen molar-refractivity contribution in [2.75, 3.05) is 20.2 Å². The van der Waals surface area contributed by atoms with Gasteiger partial charge in [-0.25, -0.2) is 0 Å². The van der Waals surface area contributed by atoms with Crippen molar-refractivity contribution in [1.82, 2.24) is 4.90 Å². The van der Waals surface area contributed by atoms with Crippen LogP contribution >= 0.6 is 12.4 Å². The molecule has 0 radical (unpaired) electrons. The summed E-state index contributed by atoms with van der Waals surface area (Å²) in [5, 5.41) is 0. The van der Waals surface area contributed by atoms with Crippen LogP contribution in [0.2, 0.25) is 0 Å². The molecule has 0 amide bonds. The molecular formula is C13H21ClN2O. The zero-order valence-corrected chi connectivity index (χ0v) is 11.3. The first kappa shape index (κ1) is 14.3. The summed E-state index contributed by atoms with van der Waals surface area (Å²) >= 11 is 0. The van der Waals surface area contributed by atoms with E-state index in [-0.39, 0.29) is 12.4 Å². The first-order valence-corrected chi connectivity index (χ1v) is 5.80. The Morgan fingerprint density at radius 1 is 1.47 bits per heavy atom. The van der Waals surface area contributed by atoms with Gasteiger partial charge in [0.2, 0.25) is 0 Å². The van der Waals surface area contributed by atoms with E-state index in [4.69, 9.17) is 10.5 Å². The lowest BCUT2D eigenvalue weighted by Crippen LogP contribution is -2.26. The van der Waals surface area contributed by atoms with Crippen LogP contribution in [0.15, 0.2) is 18.2 Å². The van der Waals surface area contributed by atoms with Gasteiger partial charge in [-0.1, -0.05) is 12.1 Å². The quantitative estimate of drug-likeness (QED) is 0.899. The van der Waals surface area contributed by atoms with Crippen molar-refractivity contribution in [2.45, 2.75) is 25.9 Å². The van der Waals surface area contributed by atoms with Crippen LogP contribution in [-0.4, -0.2) is 31.1 Å². The zero-order valence-electron chi connectivity index (χ0n) is 10.5. The van der Waals surface area contributed by atoms with Gasteiger partial charge in [0.15, 0.2) is 0 Å². The molecule has 0 saturated carbocycles. The molecule has 1 atom stereocenters. The number of hydrogen-bond donors (Lipinski definition) is 1. The van der Waals surface area contributed by atoms with Gasteiger partial charge < -0.3 is 10.5 Å². The van der Waals surface area contributed by atoms with E-state index in [1.165, 1.54) is 11.1 Å². The molecule has 0 bridgehead atoms. The van der Waals surface area contributed by atoms with Gasteiger partial charge in [0, 0.05) is 25.7 Å². The highest BCUT2D eigenvalue weighted by atomic mass is 35.5. The minimum atomic E-state index is 0. The van der Waals surface area contributed by atoms with Crippen LogP contribution in [0, 0.1) is 6.92 Å².